The van der Waals surface area contributed by atoms with E-state index < -0.39 is 0 Å². The molecular formula is C11H21NO. The fourth-order valence-electron chi connectivity index (χ4n) is 2.68. The third kappa shape index (κ3) is 2.05. The van der Waals surface area contributed by atoms with E-state index in [0.717, 1.165) is 18.9 Å². The van der Waals surface area contributed by atoms with Crippen LogP contribution in [0.1, 0.15) is 44.9 Å². The van der Waals surface area contributed by atoms with Gasteiger partial charge in [0, 0.05) is 12.1 Å². The summed E-state index contributed by atoms with van der Waals surface area (Å²) in [6, 6.07) is 1.49. The predicted molar refractivity (Wildman–Crippen MR) is 53.7 cm³/mol. The minimum absolute atomic E-state index is 0.00367. The smallest absolute Gasteiger partial charge is 0.0570 e. The molecule has 0 aliphatic heterocycles. The maximum Gasteiger partial charge on any atom is 0.0570 e. The first kappa shape index (κ1) is 9.47. The Hall–Kier alpha value is -0.0800. The molecule has 0 heterocycles. The summed E-state index contributed by atoms with van der Waals surface area (Å²) >= 11 is 0. The highest BCUT2D eigenvalue weighted by molar-refractivity contribution is 4.89. The lowest BCUT2D eigenvalue weighted by molar-refractivity contribution is -0.0106. The lowest BCUT2D eigenvalue weighted by Gasteiger charge is -2.43. The summed E-state index contributed by atoms with van der Waals surface area (Å²) in [5.41, 5.74) is 0. The van der Waals surface area contributed by atoms with Crippen molar-refractivity contribution in [1.29, 1.82) is 0 Å². The van der Waals surface area contributed by atoms with Gasteiger partial charge in [0.15, 0.2) is 0 Å². The summed E-state index contributed by atoms with van der Waals surface area (Å²) in [6.45, 7) is 0. The van der Waals surface area contributed by atoms with E-state index in [-0.39, 0.29) is 6.10 Å². The molecule has 0 spiro atoms. The maximum absolute atomic E-state index is 9.24. The molecule has 0 unspecified atom stereocenters. The van der Waals surface area contributed by atoms with Gasteiger partial charge in [-0.05, 0) is 32.7 Å². The van der Waals surface area contributed by atoms with Crippen molar-refractivity contribution in [2.75, 3.05) is 7.05 Å². The minimum Gasteiger partial charge on any atom is -0.393 e. The predicted octanol–water partition coefficient (Wildman–Crippen LogP) is 1.77. The van der Waals surface area contributed by atoms with Crippen molar-refractivity contribution in [3.63, 3.8) is 0 Å². The fraction of sp³-hybridized carbons (Fsp3) is 1.00. The van der Waals surface area contributed by atoms with E-state index in [9.17, 15) is 5.11 Å². The second-order valence-electron chi connectivity index (χ2n) is 4.74. The molecule has 1 N–H and O–H groups in total. The molecule has 2 aliphatic rings. The first-order valence-electron chi connectivity index (χ1n) is 5.67. The topological polar surface area (TPSA) is 23.5 Å². The second-order valence-corrected chi connectivity index (χ2v) is 4.74. The summed E-state index contributed by atoms with van der Waals surface area (Å²) in [4.78, 5) is 2.52. The normalized spacial score (nSPS) is 36.2. The SMILES string of the molecule is CN(C1CCCCC1)C1CC(O)C1. The van der Waals surface area contributed by atoms with Crippen LogP contribution in [0, 0.1) is 0 Å². The van der Waals surface area contributed by atoms with Crippen LogP contribution < -0.4 is 0 Å². The van der Waals surface area contributed by atoms with Crippen molar-refractivity contribution < 1.29 is 5.11 Å². The molecule has 2 fully saturated rings. The van der Waals surface area contributed by atoms with Gasteiger partial charge in [0.2, 0.25) is 0 Å². The van der Waals surface area contributed by atoms with Gasteiger partial charge in [0.1, 0.15) is 0 Å². The van der Waals surface area contributed by atoms with E-state index in [2.05, 4.69) is 11.9 Å². The Balaban J connectivity index is 1.78. The Bertz CT molecular complexity index is 159. The van der Waals surface area contributed by atoms with Gasteiger partial charge in [-0.2, -0.15) is 0 Å². The Morgan fingerprint density at radius 1 is 1.00 bits per heavy atom. The zero-order valence-corrected chi connectivity index (χ0v) is 8.58. The van der Waals surface area contributed by atoms with Gasteiger partial charge in [-0.25, -0.2) is 0 Å². The molecule has 0 bridgehead atoms. The molecular weight excluding hydrogens is 162 g/mol. The zero-order chi connectivity index (χ0) is 9.26. The van der Waals surface area contributed by atoms with E-state index in [4.69, 9.17) is 0 Å². The monoisotopic (exact) mass is 183 g/mol. The van der Waals surface area contributed by atoms with Crippen molar-refractivity contribution in [2.45, 2.75) is 63.1 Å². The van der Waals surface area contributed by atoms with Gasteiger partial charge in [0.25, 0.3) is 0 Å². The number of hydrogen-bond donors (Lipinski definition) is 1. The third-order valence-electron chi connectivity index (χ3n) is 3.81. The second kappa shape index (κ2) is 3.97. The lowest BCUT2D eigenvalue weighted by Crippen LogP contribution is -2.50. The Kier molecular flexibility index (Phi) is 2.89. The number of nitrogens with zero attached hydrogens (tertiary/aromatic N) is 1. The van der Waals surface area contributed by atoms with E-state index in [1.807, 2.05) is 0 Å². The van der Waals surface area contributed by atoms with Crippen molar-refractivity contribution in [3.05, 3.63) is 0 Å². The van der Waals surface area contributed by atoms with Crippen LogP contribution in [0.3, 0.4) is 0 Å². The molecule has 2 saturated carbocycles. The van der Waals surface area contributed by atoms with Crippen LogP contribution in [0.25, 0.3) is 0 Å². The molecule has 2 rings (SSSR count). The molecule has 13 heavy (non-hydrogen) atoms. The summed E-state index contributed by atoms with van der Waals surface area (Å²) in [5, 5.41) is 9.24. The molecule has 0 saturated heterocycles. The first-order valence-corrected chi connectivity index (χ1v) is 5.67. The molecule has 2 heteroatoms. The van der Waals surface area contributed by atoms with Gasteiger partial charge in [-0.3, -0.25) is 0 Å². The molecule has 76 valence electrons. The van der Waals surface area contributed by atoms with Gasteiger partial charge < -0.3 is 10.0 Å². The van der Waals surface area contributed by atoms with E-state index in [1.165, 1.54) is 32.1 Å². The van der Waals surface area contributed by atoms with Crippen LogP contribution in [0.15, 0.2) is 0 Å². The van der Waals surface area contributed by atoms with Gasteiger partial charge in [-0.1, -0.05) is 19.3 Å². The average Bonchev–Trinajstić information content (AvgIpc) is 2.13. The Morgan fingerprint density at radius 2 is 1.62 bits per heavy atom. The minimum atomic E-state index is -0.00367. The summed E-state index contributed by atoms with van der Waals surface area (Å²) in [7, 11) is 2.24. The molecule has 0 aromatic rings. The molecule has 0 atom stereocenters. The van der Waals surface area contributed by atoms with E-state index >= 15 is 0 Å². The molecule has 0 radical (unpaired) electrons. The summed E-state index contributed by atoms with van der Waals surface area (Å²) < 4.78 is 0. The molecule has 0 aromatic heterocycles. The largest absolute Gasteiger partial charge is 0.393 e. The van der Waals surface area contributed by atoms with Gasteiger partial charge in [0.05, 0.1) is 6.10 Å². The number of aliphatic hydroxyl groups excluding tert-OH is 1. The highest BCUT2D eigenvalue weighted by Gasteiger charge is 2.33. The van der Waals surface area contributed by atoms with E-state index in [1.54, 1.807) is 0 Å². The van der Waals surface area contributed by atoms with Gasteiger partial charge in [-0.15, -0.1) is 0 Å². The average molecular weight is 183 g/mol. The summed E-state index contributed by atoms with van der Waals surface area (Å²) in [5.74, 6) is 0. The number of hydrogen-bond acceptors (Lipinski definition) is 2. The van der Waals surface area contributed by atoms with Crippen LogP contribution in [0.2, 0.25) is 0 Å². The Labute approximate surface area is 80.9 Å². The van der Waals surface area contributed by atoms with E-state index in [0.29, 0.717) is 6.04 Å². The summed E-state index contributed by atoms with van der Waals surface area (Å²) in [6.07, 6.45) is 9.01. The standard InChI is InChI=1S/C11H21NO/c1-12(10-7-11(13)8-10)9-5-3-2-4-6-9/h9-11,13H,2-8H2,1H3. The van der Waals surface area contributed by atoms with Crippen LogP contribution in [0.4, 0.5) is 0 Å². The third-order valence-corrected chi connectivity index (χ3v) is 3.81. The molecule has 0 amide bonds. The van der Waals surface area contributed by atoms with Crippen LogP contribution in [-0.2, 0) is 0 Å². The van der Waals surface area contributed by atoms with Crippen molar-refractivity contribution in [1.82, 2.24) is 4.90 Å². The molecule has 0 aromatic carbocycles. The van der Waals surface area contributed by atoms with Crippen LogP contribution >= 0.6 is 0 Å². The molecule has 2 aliphatic carbocycles. The first-order chi connectivity index (χ1) is 6.27. The van der Waals surface area contributed by atoms with Crippen molar-refractivity contribution in [2.24, 2.45) is 0 Å². The van der Waals surface area contributed by atoms with Crippen molar-refractivity contribution in [3.8, 4) is 0 Å². The van der Waals surface area contributed by atoms with Gasteiger partial charge >= 0.3 is 0 Å². The molecule has 2 nitrogen and oxygen atoms in total. The van der Waals surface area contributed by atoms with Crippen molar-refractivity contribution >= 4 is 0 Å². The highest BCUT2D eigenvalue weighted by Crippen LogP contribution is 2.30. The Morgan fingerprint density at radius 3 is 2.15 bits per heavy atom. The quantitative estimate of drug-likeness (QED) is 0.705. The number of aliphatic hydroxyl groups is 1. The number of rotatable bonds is 2. The zero-order valence-electron chi connectivity index (χ0n) is 8.58. The fourth-order valence-corrected chi connectivity index (χ4v) is 2.68. The maximum atomic E-state index is 9.24. The van der Waals surface area contributed by atoms with Crippen LogP contribution in [0.5, 0.6) is 0 Å². The van der Waals surface area contributed by atoms with Crippen LogP contribution in [-0.4, -0.2) is 35.2 Å². The highest BCUT2D eigenvalue weighted by atomic mass is 16.3. The lowest BCUT2D eigenvalue weighted by atomic mass is 9.85.